The molecule has 32 heavy (non-hydrogen) atoms. The zero-order chi connectivity index (χ0) is 23.3. The Morgan fingerprint density at radius 3 is 2.19 bits per heavy atom. The monoisotopic (exact) mass is 439 g/mol. The van der Waals surface area contributed by atoms with Crippen LogP contribution in [0.1, 0.15) is 29.9 Å². The number of rotatable bonds is 9. The van der Waals surface area contributed by atoms with Crippen LogP contribution < -0.4 is 24.3 Å². The molecule has 0 saturated heterocycles. The first-order valence-electron chi connectivity index (χ1n) is 10.2. The minimum atomic E-state index is -0.362. The summed E-state index contributed by atoms with van der Waals surface area (Å²) in [6, 6.07) is 10.7. The molecule has 0 aliphatic rings. The molecule has 0 radical (unpaired) electrons. The van der Waals surface area contributed by atoms with E-state index in [0.717, 1.165) is 11.3 Å². The molecule has 0 fully saturated rings. The highest BCUT2D eigenvalue weighted by atomic mass is 16.5. The van der Waals surface area contributed by atoms with E-state index in [-0.39, 0.29) is 5.91 Å². The van der Waals surface area contributed by atoms with E-state index >= 15 is 0 Å². The number of hydrogen-bond acceptors (Lipinski definition) is 6. The first-order valence-corrected chi connectivity index (χ1v) is 10.2. The van der Waals surface area contributed by atoms with E-state index in [1.807, 2.05) is 12.1 Å². The highest BCUT2D eigenvalue weighted by Crippen LogP contribution is 2.39. The van der Waals surface area contributed by atoms with E-state index in [1.54, 1.807) is 38.5 Å². The number of methoxy groups -OCH3 is 4. The van der Waals surface area contributed by atoms with Crippen LogP contribution in [0.15, 0.2) is 36.4 Å². The number of carbonyl (C=O) groups is 1. The molecule has 3 rings (SSSR count). The van der Waals surface area contributed by atoms with Crippen molar-refractivity contribution in [3.8, 4) is 34.3 Å². The summed E-state index contributed by atoms with van der Waals surface area (Å²) in [5.41, 5.74) is 3.00. The molecule has 3 aromatic rings. The fourth-order valence-corrected chi connectivity index (χ4v) is 3.51. The topological polar surface area (TPSA) is 94.7 Å². The molecule has 0 atom stereocenters. The number of nitrogens with zero attached hydrogens (tertiary/aromatic N) is 1. The zero-order valence-corrected chi connectivity index (χ0v) is 19.2. The Kier molecular flexibility index (Phi) is 7.25. The Morgan fingerprint density at radius 1 is 0.969 bits per heavy atom. The van der Waals surface area contributed by atoms with Gasteiger partial charge in [0.25, 0.3) is 5.91 Å². The summed E-state index contributed by atoms with van der Waals surface area (Å²) in [5, 5.41) is 10.6. The van der Waals surface area contributed by atoms with E-state index in [1.165, 1.54) is 14.2 Å². The maximum Gasteiger partial charge on any atom is 0.263 e. The molecule has 170 valence electrons. The van der Waals surface area contributed by atoms with Gasteiger partial charge in [0, 0.05) is 11.6 Å². The normalized spacial score (nSPS) is 10.7. The number of ether oxygens (including phenoxy) is 4. The van der Waals surface area contributed by atoms with Crippen molar-refractivity contribution in [3.05, 3.63) is 47.7 Å². The van der Waals surface area contributed by atoms with Gasteiger partial charge in [-0.05, 0) is 36.6 Å². The summed E-state index contributed by atoms with van der Waals surface area (Å²) in [6.45, 7) is 4.20. The summed E-state index contributed by atoms with van der Waals surface area (Å²) in [7, 11) is 6.20. The molecule has 8 heteroatoms. The number of carbonyl (C=O) groups excluding carboxylic acids is 1. The fourth-order valence-electron chi connectivity index (χ4n) is 3.51. The van der Waals surface area contributed by atoms with E-state index < -0.39 is 0 Å². The first kappa shape index (κ1) is 23.0. The number of benzene rings is 2. The second-order valence-corrected chi connectivity index (χ2v) is 7.58. The van der Waals surface area contributed by atoms with Crippen molar-refractivity contribution in [2.45, 2.75) is 20.3 Å². The Balaban J connectivity index is 2.11. The maximum atomic E-state index is 13.4. The molecular weight excluding hydrogens is 410 g/mol. The number of amides is 1. The van der Waals surface area contributed by atoms with E-state index in [9.17, 15) is 4.79 Å². The third-order valence-electron chi connectivity index (χ3n) is 5.01. The van der Waals surface area contributed by atoms with Gasteiger partial charge in [-0.15, -0.1) is 0 Å². The molecule has 0 aliphatic heterocycles. The highest BCUT2D eigenvalue weighted by Gasteiger charge is 2.24. The lowest BCUT2D eigenvalue weighted by Gasteiger charge is -2.15. The van der Waals surface area contributed by atoms with Gasteiger partial charge in [0.15, 0.2) is 0 Å². The lowest BCUT2D eigenvalue weighted by atomic mass is 10.0. The van der Waals surface area contributed by atoms with E-state index in [0.29, 0.717) is 52.3 Å². The molecule has 0 spiro atoms. The summed E-state index contributed by atoms with van der Waals surface area (Å²) in [4.78, 5) is 13.4. The lowest BCUT2D eigenvalue weighted by Crippen LogP contribution is -2.16. The molecule has 0 unspecified atom stereocenters. The van der Waals surface area contributed by atoms with Crippen molar-refractivity contribution < 1.29 is 23.7 Å². The number of anilines is 1. The smallest absolute Gasteiger partial charge is 0.263 e. The molecule has 1 aromatic heterocycles. The first-order chi connectivity index (χ1) is 15.4. The van der Waals surface area contributed by atoms with Crippen LogP contribution in [-0.4, -0.2) is 44.5 Å². The Bertz CT molecular complexity index is 1070. The van der Waals surface area contributed by atoms with Gasteiger partial charge >= 0.3 is 0 Å². The Hall–Kier alpha value is -3.68. The molecule has 8 nitrogen and oxygen atoms in total. The number of hydrogen-bond donors (Lipinski definition) is 2. The third kappa shape index (κ3) is 4.64. The van der Waals surface area contributed by atoms with Crippen LogP contribution in [0.25, 0.3) is 11.3 Å². The van der Waals surface area contributed by atoms with Gasteiger partial charge in [-0.2, -0.15) is 5.10 Å². The molecule has 2 N–H and O–H groups in total. The summed E-state index contributed by atoms with van der Waals surface area (Å²) >= 11 is 0. The van der Waals surface area contributed by atoms with Crippen LogP contribution in [-0.2, 0) is 6.42 Å². The van der Waals surface area contributed by atoms with Crippen molar-refractivity contribution in [3.63, 3.8) is 0 Å². The van der Waals surface area contributed by atoms with Gasteiger partial charge < -0.3 is 24.3 Å². The van der Waals surface area contributed by atoms with Crippen molar-refractivity contribution in [1.29, 1.82) is 0 Å². The van der Waals surface area contributed by atoms with Crippen LogP contribution in [0.2, 0.25) is 0 Å². The second-order valence-electron chi connectivity index (χ2n) is 7.58. The molecule has 0 bridgehead atoms. The van der Waals surface area contributed by atoms with Crippen LogP contribution in [0.3, 0.4) is 0 Å². The average Bonchev–Trinajstić information content (AvgIpc) is 3.18. The summed E-state index contributed by atoms with van der Waals surface area (Å²) < 4.78 is 21.7. The quantitative estimate of drug-likeness (QED) is 0.507. The largest absolute Gasteiger partial charge is 0.497 e. The van der Waals surface area contributed by atoms with Crippen molar-refractivity contribution in [2.24, 2.45) is 5.92 Å². The number of nitrogens with one attached hydrogen (secondary N) is 2. The zero-order valence-electron chi connectivity index (χ0n) is 19.2. The van der Waals surface area contributed by atoms with Crippen molar-refractivity contribution >= 4 is 11.6 Å². The van der Waals surface area contributed by atoms with E-state index in [2.05, 4.69) is 29.4 Å². The summed E-state index contributed by atoms with van der Waals surface area (Å²) in [5.74, 6) is 2.06. The maximum absolute atomic E-state index is 13.4. The molecule has 0 aliphatic carbocycles. The third-order valence-corrected chi connectivity index (χ3v) is 5.01. The van der Waals surface area contributed by atoms with Gasteiger partial charge in [-0.1, -0.05) is 19.9 Å². The molecule has 1 amide bonds. The van der Waals surface area contributed by atoms with Gasteiger partial charge in [-0.3, -0.25) is 9.89 Å². The highest BCUT2D eigenvalue weighted by molar-refractivity contribution is 6.10. The second kappa shape index (κ2) is 10.1. The van der Waals surface area contributed by atoms with Crippen LogP contribution in [0.5, 0.6) is 23.0 Å². The minimum Gasteiger partial charge on any atom is -0.497 e. The Labute approximate surface area is 187 Å². The minimum absolute atomic E-state index is 0.307. The van der Waals surface area contributed by atoms with Gasteiger partial charge in [0.1, 0.15) is 34.3 Å². The fraction of sp³-hybridized carbons (Fsp3) is 0.333. The standard InChI is InChI=1S/C24H29N3O5/c1-14(2)12-17-23(25-24(28)21-18(30-4)8-7-9-19(21)31-5)22(27-26-17)16-11-10-15(29-3)13-20(16)32-6/h7-11,13-14H,12H2,1-6H3,(H,25,28)(H,26,27). The van der Waals surface area contributed by atoms with Gasteiger partial charge in [-0.25, -0.2) is 0 Å². The Morgan fingerprint density at radius 2 is 1.62 bits per heavy atom. The van der Waals surface area contributed by atoms with Crippen LogP contribution in [0.4, 0.5) is 5.69 Å². The number of aromatic amines is 1. The number of H-pyrrole nitrogens is 1. The SMILES string of the molecule is COc1ccc(-c2n[nH]c(CC(C)C)c2NC(=O)c2c(OC)cccc2OC)c(OC)c1. The van der Waals surface area contributed by atoms with Crippen LogP contribution >= 0.6 is 0 Å². The molecular formula is C24H29N3O5. The number of aromatic nitrogens is 2. The van der Waals surface area contributed by atoms with Gasteiger partial charge in [0.05, 0.1) is 39.8 Å². The van der Waals surface area contributed by atoms with E-state index in [4.69, 9.17) is 18.9 Å². The predicted octanol–water partition coefficient (Wildman–Crippen LogP) is 4.56. The molecule has 0 saturated carbocycles. The predicted molar refractivity (Wildman–Crippen MR) is 123 cm³/mol. The van der Waals surface area contributed by atoms with Crippen LogP contribution in [0, 0.1) is 5.92 Å². The molecule has 2 aromatic carbocycles. The van der Waals surface area contributed by atoms with Crippen molar-refractivity contribution in [1.82, 2.24) is 10.2 Å². The summed E-state index contributed by atoms with van der Waals surface area (Å²) in [6.07, 6.45) is 0.699. The van der Waals surface area contributed by atoms with Crippen molar-refractivity contribution in [2.75, 3.05) is 33.8 Å². The van der Waals surface area contributed by atoms with Gasteiger partial charge in [0.2, 0.25) is 0 Å². The lowest BCUT2D eigenvalue weighted by molar-refractivity contribution is 0.102. The molecule has 1 heterocycles. The average molecular weight is 440 g/mol.